The van der Waals surface area contributed by atoms with Crippen molar-refractivity contribution in [3.63, 3.8) is 0 Å². The van der Waals surface area contributed by atoms with Gasteiger partial charge in [-0.15, -0.1) is 23.4 Å². The van der Waals surface area contributed by atoms with Crippen LogP contribution in [-0.4, -0.2) is 82.9 Å². The minimum Gasteiger partial charge on any atom is -0.404 e. The number of alkyl halides is 6. The molecule has 1 aliphatic heterocycles. The third kappa shape index (κ3) is 7.64. The Morgan fingerprint density at radius 1 is 1.02 bits per heavy atom. The van der Waals surface area contributed by atoms with Crippen molar-refractivity contribution in [2.75, 3.05) is 50.4 Å². The highest BCUT2D eigenvalue weighted by molar-refractivity contribution is 7.18. The van der Waals surface area contributed by atoms with Crippen LogP contribution >= 0.6 is 11.3 Å². The van der Waals surface area contributed by atoms with Crippen LogP contribution in [0.2, 0.25) is 0 Å². The predicted molar refractivity (Wildman–Crippen MR) is 132 cm³/mol. The van der Waals surface area contributed by atoms with Gasteiger partial charge >= 0.3 is 12.5 Å². The number of piperazine rings is 1. The van der Waals surface area contributed by atoms with E-state index in [1.807, 2.05) is 11.9 Å². The standard InChI is InChI=1S/C23H21F6N7O3S/c1-35-6-8-36(9-7-35)12-18(37)31-16-10-13(2-3-17(16)39-23(27,28)29)19(38)32-21-34-33-20(40-21)14-11-30-5-4-15(14)22(24,25)26/h2-5,10-11H,6-9,12H2,1H3,(H,31,37)(H,32,34,38). The fourth-order valence-corrected chi connectivity index (χ4v) is 4.51. The molecule has 2 amide bonds. The van der Waals surface area contributed by atoms with E-state index in [9.17, 15) is 35.9 Å². The molecule has 1 fully saturated rings. The van der Waals surface area contributed by atoms with Crippen molar-refractivity contribution in [3.8, 4) is 16.3 Å². The normalized spacial score (nSPS) is 15.1. The van der Waals surface area contributed by atoms with Crippen molar-refractivity contribution >= 4 is 34.0 Å². The number of nitrogens with zero attached hydrogens (tertiary/aromatic N) is 5. The molecule has 0 saturated carbocycles. The molecule has 3 heterocycles. The number of anilines is 2. The van der Waals surface area contributed by atoms with Crippen LogP contribution in [0.1, 0.15) is 15.9 Å². The van der Waals surface area contributed by atoms with Crippen LogP contribution in [0.5, 0.6) is 5.75 Å². The Bertz CT molecular complexity index is 1370. The Morgan fingerprint density at radius 2 is 1.75 bits per heavy atom. The number of benzene rings is 1. The van der Waals surface area contributed by atoms with Gasteiger partial charge in [-0.3, -0.25) is 24.8 Å². The third-order valence-electron chi connectivity index (χ3n) is 5.71. The van der Waals surface area contributed by atoms with Crippen molar-refractivity contribution in [1.29, 1.82) is 0 Å². The number of carbonyl (C=O) groups excluding carboxylic acids is 2. The van der Waals surface area contributed by atoms with Crippen LogP contribution < -0.4 is 15.4 Å². The first-order chi connectivity index (χ1) is 18.8. The first-order valence-electron chi connectivity index (χ1n) is 11.6. The first kappa shape index (κ1) is 29.2. The zero-order valence-corrected chi connectivity index (χ0v) is 21.5. The van der Waals surface area contributed by atoms with Crippen LogP contribution in [0.4, 0.5) is 37.2 Å². The average Bonchev–Trinajstić information content (AvgIpc) is 3.33. The molecule has 0 bridgehead atoms. The van der Waals surface area contributed by atoms with Crippen molar-refractivity contribution in [1.82, 2.24) is 25.0 Å². The summed E-state index contributed by atoms with van der Waals surface area (Å²) >= 11 is 0.638. The lowest BCUT2D eigenvalue weighted by Gasteiger charge is -2.31. The number of halogens is 6. The predicted octanol–water partition coefficient (Wildman–Crippen LogP) is 3.96. The van der Waals surface area contributed by atoms with E-state index < -0.39 is 41.4 Å². The summed E-state index contributed by atoms with van der Waals surface area (Å²) in [7, 11) is 1.93. The van der Waals surface area contributed by atoms with E-state index in [4.69, 9.17) is 0 Å². The molecule has 1 saturated heterocycles. The van der Waals surface area contributed by atoms with Crippen molar-refractivity contribution in [3.05, 3.63) is 47.8 Å². The summed E-state index contributed by atoms with van der Waals surface area (Å²) in [5, 5.41) is 11.7. The van der Waals surface area contributed by atoms with Gasteiger partial charge in [-0.25, -0.2) is 0 Å². The highest BCUT2D eigenvalue weighted by atomic mass is 32.1. The zero-order valence-electron chi connectivity index (χ0n) is 20.6. The number of hydrogen-bond donors (Lipinski definition) is 2. The number of rotatable bonds is 7. The maximum absolute atomic E-state index is 13.3. The molecule has 1 aromatic carbocycles. The summed E-state index contributed by atoms with van der Waals surface area (Å²) in [4.78, 5) is 33.0. The molecular formula is C23H21F6N7O3S. The highest BCUT2D eigenvalue weighted by Gasteiger charge is 2.35. The molecule has 0 spiro atoms. The second-order valence-corrected chi connectivity index (χ2v) is 9.65. The molecule has 0 unspecified atom stereocenters. The van der Waals surface area contributed by atoms with Crippen LogP contribution in [0.3, 0.4) is 0 Å². The van der Waals surface area contributed by atoms with Gasteiger partial charge in [-0.2, -0.15) is 13.2 Å². The van der Waals surface area contributed by atoms with Gasteiger partial charge in [0.25, 0.3) is 5.91 Å². The number of pyridine rings is 1. The van der Waals surface area contributed by atoms with Gasteiger partial charge in [-0.1, -0.05) is 11.3 Å². The number of amides is 2. The minimum absolute atomic E-state index is 0.0858. The van der Waals surface area contributed by atoms with Crippen LogP contribution in [0.25, 0.3) is 10.6 Å². The van der Waals surface area contributed by atoms with Crippen molar-refractivity contribution in [2.45, 2.75) is 12.5 Å². The van der Waals surface area contributed by atoms with Crippen LogP contribution in [0.15, 0.2) is 36.7 Å². The SMILES string of the molecule is CN1CCN(CC(=O)Nc2cc(C(=O)Nc3nnc(-c4cnccc4C(F)(F)F)s3)ccc2OC(F)(F)F)CC1. The first-order valence-corrected chi connectivity index (χ1v) is 12.4. The quantitative estimate of drug-likeness (QED) is 0.399. The number of aromatic nitrogens is 3. The Labute approximate surface area is 227 Å². The van der Waals surface area contributed by atoms with Gasteiger partial charge in [0.2, 0.25) is 11.0 Å². The molecule has 2 N–H and O–H groups in total. The topological polar surface area (TPSA) is 113 Å². The van der Waals surface area contributed by atoms with Gasteiger partial charge in [0.05, 0.1) is 17.8 Å². The van der Waals surface area contributed by atoms with Gasteiger partial charge in [0, 0.05) is 49.7 Å². The van der Waals surface area contributed by atoms with E-state index in [-0.39, 0.29) is 27.8 Å². The van der Waals surface area contributed by atoms with Gasteiger partial charge < -0.3 is 15.0 Å². The highest BCUT2D eigenvalue weighted by Crippen LogP contribution is 2.38. The van der Waals surface area contributed by atoms with Crippen LogP contribution in [-0.2, 0) is 11.0 Å². The van der Waals surface area contributed by atoms with E-state index in [1.54, 1.807) is 0 Å². The summed E-state index contributed by atoms with van der Waals surface area (Å²) in [6, 6.07) is 3.66. The summed E-state index contributed by atoms with van der Waals surface area (Å²) in [6.07, 6.45) is -7.81. The molecule has 0 radical (unpaired) electrons. The Balaban J connectivity index is 1.51. The number of hydrogen-bond acceptors (Lipinski definition) is 9. The fraction of sp³-hybridized carbons (Fsp3) is 0.348. The lowest BCUT2D eigenvalue weighted by atomic mass is 10.1. The van der Waals surface area contributed by atoms with Crippen molar-refractivity contribution in [2.24, 2.45) is 0 Å². The monoisotopic (exact) mass is 589 g/mol. The molecule has 3 aromatic rings. The second-order valence-electron chi connectivity index (χ2n) is 8.67. The molecule has 40 heavy (non-hydrogen) atoms. The average molecular weight is 590 g/mol. The third-order valence-corrected chi connectivity index (χ3v) is 6.58. The van der Waals surface area contributed by atoms with Gasteiger partial charge in [-0.05, 0) is 31.3 Å². The summed E-state index contributed by atoms with van der Waals surface area (Å²) in [5.41, 5.74) is -1.91. The molecule has 0 atom stereocenters. The lowest BCUT2D eigenvalue weighted by Crippen LogP contribution is -2.47. The minimum atomic E-state index is -5.06. The lowest BCUT2D eigenvalue weighted by molar-refractivity contribution is -0.274. The summed E-state index contributed by atoms with van der Waals surface area (Å²) in [6.45, 7) is 2.53. The van der Waals surface area contributed by atoms with E-state index in [1.165, 1.54) is 0 Å². The Morgan fingerprint density at radius 3 is 2.42 bits per heavy atom. The number of ether oxygens (including phenoxy) is 1. The molecular weight excluding hydrogens is 568 g/mol. The van der Waals surface area contributed by atoms with E-state index >= 15 is 0 Å². The van der Waals surface area contributed by atoms with E-state index in [0.29, 0.717) is 24.4 Å². The van der Waals surface area contributed by atoms with Crippen molar-refractivity contribution < 1.29 is 40.7 Å². The zero-order chi connectivity index (χ0) is 29.1. The molecule has 214 valence electrons. The maximum atomic E-state index is 13.3. The molecule has 1 aliphatic rings. The smallest absolute Gasteiger partial charge is 0.404 e. The Kier molecular flexibility index (Phi) is 8.55. The molecule has 2 aromatic heterocycles. The van der Waals surface area contributed by atoms with E-state index in [0.717, 1.165) is 49.7 Å². The van der Waals surface area contributed by atoms with E-state index in [2.05, 4.69) is 35.5 Å². The van der Waals surface area contributed by atoms with Crippen LogP contribution in [0, 0.1) is 0 Å². The molecule has 17 heteroatoms. The molecule has 0 aliphatic carbocycles. The second kappa shape index (κ2) is 11.7. The number of carbonyl (C=O) groups is 2. The number of likely N-dealkylation sites (N-methyl/N-ethyl adjacent to an activating group) is 1. The maximum Gasteiger partial charge on any atom is 0.573 e. The van der Waals surface area contributed by atoms with Gasteiger partial charge in [0.15, 0.2) is 10.8 Å². The molecule has 10 nitrogen and oxygen atoms in total. The fourth-order valence-electron chi connectivity index (χ4n) is 3.75. The van der Waals surface area contributed by atoms with Gasteiger partial charge in [0.1, 0.15) is 0 Å². The number of nitrogens with one attached hydrogen (secondary N) is 2. The molecule has 4 rings (SSSR count). The Hall–Kier alpha value is -3.83. The summed E-state index contributed by atoms with van der Waals surface area (Å²) < 4.78 is 82.8. The largest absolute Gasteiger partial charge is 0.573 e. The summed E-state index contributed by atoms with van der Waals surface area (Å²) in [5.74, 6) is -2.21.